The van der Waals surface area contributed by atoms with E-state index in [2.05, 4.69) is 18.1 Å². The van der Waals surface area contributed by atoms with Crippen molar-refractivity contribution >= 4 is 29.0 Å². The van der Waals surface area contributed by atoms with Crippen molar-refractivity contribution in [1.82, 2.24) is 0 Å². The smallest absolute Gasteiger partial charge is 0.338 e. The minimum Gasteiger partial charge on any atom is -0.423 e. The topological polar surface area (TPSA) is 55.8 Å². The number of anilines is 3. The van der Waals surface area contributed by atoms with Crippen LogP contribution in [0.25, 0.3) is 11.1 Å². The van der Waals surface area contributed by atoms with Gasteiger partial charge < -0.3 is 14.4 Å². The van der Waals surface area contributed by atoms with Gasteiger partial charge in [0.25, 0.3) is 0 Å². The van der Waals surface area contributed by atoms with E-state index in [0.29, 0.717) is 17.1 Å². The van der Waals surface area contributed by atoms with Crippen LogP contribution in [0.3, 0.4) is 0 Å². The number of carbonyl (C=O) groups excluding carboxylic acids is 2. The summed E-state index contributed by atoms with van der Waals surface area (Å²) in [6.45, 7) is 8.64. The predicted molar refractivity (Wildman–Crippen MR) is 143 cm³/mol. The summed E-state index contributed by atoms with van der Waals surface area (Å²) in [5, 5.41) is 0. The van der Waals surface area contributed by atoms with Gasteiger partial charge in [0.05, 0.1) is 0 Å². The van der Waals surface area contributed by atoms with Crippen LogP contribution in [-0.4, -0.2) is 11.9 Å². The van der Waals surface area contributed by atoms with Crippen LogP contribution in [0.2, 0.25) is 0 Å². The molecule has 0 atom stereocenters. The Balaban J connectivity index is 1.61. The maximum Gasteiger partial charge on any atom is 0.338 e. The Bertz CT molecular complexity index is 1370. The number of para-hydroxylation sites is 1. The van der Waals surface area contributed by atoms with Gasteiger partial charge in [0.1, 0.15) is 11.5 Å². The Labute approximate surface area is 210 Å². The molecule has 0 unspecified atom stereocenters. The number of hydrogen-bond donors (Lipinski definition) is 0. The number of esters is 2. The molecule has 0 amide bonds. The molecule has 0 radical (unpaired) electrons. The normalized spacial score (nSPS) is 10.2. The van der Waals surface area contributed by atoms with Crippen LogP contribution in [0.4, 0.5) is 17.1 Å². The van der Waals surface area contributed by atoms with E-state index in [4.69, 9.17) is 9.47 Å². The van der Waals surface area contributed by atoms with Crippen molar-refractivity contribution < 1.29 is 19.1 Å². The van der Waals surface area contributed by atoms with E-state index < -0.39 is 11.9 Å². The van der Waals surface area contributed by atoms with E-state index in [1.807, 2.05) is 78.9 Å². The molecule has 36 heavy (non-hydrogen) atoms. The Morgan fingerprint density at radius 2 is 1.11 bits per heavy atom. The summed E-state index contributed by atoms with van der Waals surface area (Å²) in [7, 11) is 0. The van der Waals surface area contributed by atoms with E-state index in [-0.39, 0.29) is 0 Å². The Morgan fingerprint density at radius 1 is 0.667 bits per heavy atom. The number of hydrogen-bond acceptors (Lipinski definition) is 5. The van der Waals surface area contributed by atoms with Crippen LogP contribution in [0.1, 0.15) is 6.92 Å². The minimum absolute atomic E-state index is 0.345. The molecule has 0 bridgehead atoms. The molecule has 0 N–H and O–H groups in total. The van der Waals surface area contributed by atoms with Gasteiger partial charge >= 0.3 is 11.9 Å². The second kappa shape index (κ2) is 11.0. The highest BCUT2D eigenvalue weighted by Gasteiger charge is 2.13. The lowest BCUT2D eigenvalue weighted by Gasteiger charge is -2.25. The molecule has 0 saturated heterocycles. The first-order valence-electron chi connectivity index (χ1n) is 11.3. The van der Waals surface area contributed by atoms with E-state index in [9.17, 15) is 9.59 Å². The Hall–Kier alpha value is -4.90. The first kappa shape index (κ1) is 24.2. The van der Waals surface area contributed by atoms with E-state index in [1.165, 1.54) is 0 Å². The van der Waals surface area contributed by atoms with E-state index in [0.717, 1.165) is 34.3 Å². The molecule has 0 aliphatic rings. The summed E-state index contributed by atoms with van der Waals surface area (Å²) in [5.41, 5.74) is 5.23. The zero-order valence-corrected chi connectivity index (χ0v) is 19.9. The van der Waals surface area contributed by atoms with Gasteiger partial charge in [-0.05, 0) is 78.7 Å². The summed E-state index contributed by atoms with van der Waals surface area (Å²) in [5.74, 6) is -0.0227. The van der Waals surface area contributed by atoms with Gasteiger partial charge in [-0.3, -0.25) is 0 Å². The monoisotopic (exact) mass is 475 g/mol. The van der Waals surface area contributed by atoms with Crippen molar-refractivity contribution in [3.8, 4) is 22.6 Å². The lowest BCUT2D eigenvalue weighted by molar-refractivity contribution is -0.130. The predicted octanol–water partition coefficient (Wildman–Crippen LogP) is 7.40. The van der Waals surface area contributed by atoms with Crippen molar-refractivity contribution in [1.29, 1.82) is 0 Å². The molecule has 4 aromatic carbocycles. The maximum atomic E-state index is 11.8. The molecular weight excluding hydrogens is 450 g/mol. The summed E-state index contributed by atoms with van der Waals surface area (Å²) >= 11 is 0. The molecular formula is C31H25NO4. The summed E-state index contributed by atoms with van der Waals surface area (Å²) in [4.78, 5) is 25.4. The van der Waals surface area contributed by atoms with Crippen molar-refractivity contribution in [3.63, 3.8) is 0 Å². The van der Waals surface area contributed by atoms with Crippen molar-refractivity contribution in [3.05, 3.63) is 128 Å². The summed E-state index contributed by atoms with van der Waals surface area (Å²) < 4.78 is 10.5. The lowest BCUT2D eigenvalue weighted by atomic mass is 10.0. The lowest BCUT2D eigenvalue weighted by Crippen LogP contribution is -2.10. The highest BCUT2D eigenvalue weighted by Crippen LogP contribution is 2.36. The second-order valence-electron chi connectivity index (χ2n) is 8.03. The number of benzene rings is 4. The van der Waals surface area contributed by atoms with Crippen LogP contribution >= 0.6 is 0 Å². The molecule has 178 valence electrons. The molecule has 4 aromatic rings. The third kappa shape index (κ3) is 5.77. The SMILES string of the molecule is C=CC(=O)Oc1ccc(-c2ccc(N(c3ccccc3)c3ccc(OC(=O)C(=C)C)cc3)cc2)cc1. The minimum atomic E-state index is -0.491. The van der Waals surface area contributed by atoms with Gasteiger partial charge in [-0.2, -0.15) is 0 Å². The third-order valence-corrected chi connectivity index (χ3v) is 5.37. The average Bonchev–Trinajstić information content (AvgIpc) is 2.91. The highest BCUT2D eigenvalue weighted by atomic mass is 16.5. The molecule has 0 heterocycles. The van der Waals surface area contributed by atoms with Gasteiger partial charge in [0.2, 0.25) is 0 Å². The molecule has 0 saturated carbocycles. The molecule has 0 aliphatic heterocycles. The summed E-state index contributed by atoms with van der Waals surface area (Å²) in [6.07, 6.45) is 1.13. The zero-order valence-electron chi connectivity index (χ0n) is 19.9. The molecule has 0 spiro atoms. The molecule has 0 aliphatic carbocycles. The van der Waals surface area contributed by atoms with Gasteiger partial charge in [-0.1, -0.05) is 55.6 Å². The molecule has 0 aromatic heterocycles. The number of carbonyl (C=O) groups is 2. The van der Waals surface area contributed by atoms with Crippen molar-refractivity contribution in [2.75, 3.05) is 4.90 Å². The summed E-state index contributed by atoms with van der Waals surface area (Å²) in [6, 6.07) is 32.8. The number of ether oxygens (including phenoxy) is 2. The van der Waals surface area contributed by atoms with Gasteiger partial charge in [0, 0.05) is 28.7 Å². The third-order valence-electron chi connectivity index (χ3n) is 5.37. The molecule has 5 heteroatoms. The van der Waals surface area contributed by atoms with Crippen LogP contribution in [0.5, 0.6) is 11.5 Å². The van der Waals surface area contributed by atoms with Crippen LogP contribution < -0.4 is 14.4 Å². The molecule has 4 rings (SSSR count). The largest absolute Gasteiger partial charge is 0.423 e. The number of rotatable bonds is 8. The zero-order chi connectivity index (χ0) is 25.5. The number of nitrogens with zero attached hydrogens (tertiary/aromatic N) is 1. The molecule has 5 nitrogen and oxygen atoms in total. The first-order valence-corrected chi connectivity index (χ1v) is 11.3. The Morgan fingerprint density at radius 3 is 1.64 bits per heavy atom. The van der Waals surface area contributed by atoms with Gasteiger partial charge in [-0.15, -0.1) is 0 Å². The van der Waals surface area contributed by atoms with Gasteiger partial charge in [0.15, 0.2) is 0 Å². The Kier molecular flexibility index (Phi) is 7.42. The fourth-order valence-electron chi connectivity index (χ4n) is 3.56. The van der Waals surface area contributed by atoms with Crippen LogP contribution in [0.15, 0.2) is 128 Å². The molecule has 0 fully saturated rings. The average molecular weight is 476 g/mol. The van der Waals surface area contributed by atoms with Gasteiger partial charge in [-0.25, -0.2) is 9.59 Å². The standard InChI is InChI=1S/C31H25NO4/c1-4-30(33)35-28-18-12-24(13-19-28)23-10-14-26(15-11-23)32(25-8-6-5-7-9-25)27-16-20-29(21-17-27)36-31(34)22(2)3/h4-21H,1-2H2,3H3. The van der Waals surface area contributed by atoms with Crippen LogP contribution in [0, 0.1) is 0 Å². The van der Waals surface area contributed by atoms with E-state index in [1.54, 1.807) is 31.2 Å². The van der Waals surface area contributed by atoms with Crippen molar-refractivity contribution in [2.45, 2.75) is 6.92 Å². The van der Waals surface area contributed by atoms with Crippen molar-refractivity contribution in [2.24, 2.45) is 0 Å². The maximum absolute atomic E-state index is 11.8. The quantitative estimate of drug-likeness (QED) is 0.151. The second-order valence-corrected chi connectivity index (χ2v) is 8.03. The van der Waals surface area contributed by atoms with E-state index >= 15 is 0 Å². The first-order chi connectivity index (χ1) is 17.4. The fraction of sp³-hybridized carbons (Fsp3) is 0.0323. The van der Waals surface area contributed by atoms with Crippen LogP contribution in [-0.2, 0) is 9.59 Å². The fourth-order valence-corrected chi connectivity index (χ4v) is 3.56. The highest BCUT2D eigenvalue weighted by molar-refractivity contribution is 5.89.